The monoisotopic (exact) mass is 1030 g/mol. The smallest absolute Gasteiger partial charge is 0.324 e. The number of methoxy groups -OCH3 is 1. The predicted octanol–water partition coefficient (Wildman–Crippen LogP) is 8.13. The maximum atomic E-state index is 15.2. The molecule has 7 aliphatic rings. The summed E-state index contributed by atoms with van der Waals surface area (Å²) in [6, 6.07) is 13.2. The third-order valence-electron chi connectivity index (χ3n) is 18.5. The molecule has 11 rings (SSSR count). The Morgan fingerprint density at radius 2 is 1.80 bits per heavy atom. The molecular formula is C60H82FN9O5. The van der Waals surface area contributed by atoms with Crippen molar-refractivity contribution >= 4 is 34.4 Å². The van der Waals surface area contributed by atoms with Gasteiger partial charge in [0.2, 0.25) is 5.91 Å². The van der Waals surface area contributed by atoms with Crippen molar-refractivity contribution in [3.05, 3.63) is 71.0 Å². The standard InChI is InChI=1S/C60H82FN9O5/c1-6-69-52-17-16-43-30-47(52)49(55(69)48-31-46(34-63-53(48)39(2)74-5)67-25-24-66-21-10-9-14-45(66)35-67)32-59(3,4)38-75-58(73)50-15-11-22-70(65-50)57(72)51(29-40-26-41(33-61)28-44(43)27-40)64-56(71)54(42-12-7-8-13-42)68-23-19-60(37-68)18-20-62-36-60/h16-17,26-28,30-31,34,39,42,45,50-51,54,62,65H,6-15,18-25,29,32-33,35-38H2,1-5H3,(H,64,71)/t39-,45+,50-,51-,54-,60-/m0/s1. The number of carbonyl (C=O) groups is 3. The van der Waals surface area contributed by atoms with E-state index in [1.807, 2.05) is 18.3 Å². The van der Waals surface area contributed by atoms with E-state index in [2.05, 4.69) is 93.4 Å². The van der Waals surface area contributed by atoms with E-state index in [1.165, 1.54) is 30.8 Å². The van der Waals surface area contributed by atoms with Crippen LogP contribution in [0.5, 0.6) is 0 Å². The normalized spacial score (nSPS) is 26.9. The maximum Gasteiger partial charge on any atom is 0.324 e. The van der Waals surface area contributed by atoms with Crippen molar-refractivity contribution in [2.45, 2.75) is 155 Å². The molecule has 404 valence electrons. The van der Waals surface area contributed by atoms with Crippen LogP contribution < -0.4 is 21.0 Å². The van der Waals surface area contributed by atoms with Crippen molar-refractivity contribution in [3.8, 4) is 22.4 Å². The molecule has 1 spiro atoms. The zero-order valence-corrected chi connectivity index (χ0v) is 45.4. The van der Waals surface area contributed by atoms with E-state index in [1.54, 1.807) is 7.11 Å². The minimum Gasteiger partial charge on any atom is -0.464 e. The van der Waals surface area contributed by atoms with E-state index in [9.17, 15) is 4.79 Å². The highest BCUT2D eigenvalue weighted by Crippen LogP contribution is 2.44. The Hall–Kier alpha value is -4.93. The molecule has 14 nitrogen and oxygen atoms in total. The Balaban J connectivity index is 1.01. The number of fused-ring (bicyclic) bond motifs is 7. The lowest BCUT2D eigenvalue weighted by molar-refractivity contribution is -0.155. The number of rotatable bonds is 10. The molecule has 1 saturated carbocycles. The number of hydrogen-bond donors (Lipinski definition) is 3. The summed E-state index contributed by atoms with van der Waals surface area (Å²) in [5.74, 6) is -0.628. The molecule has 3 N–H and O–H groups in total. The number of hydrazine groups is 1. The molecule has 75 heavy (non-hydrogen) atoms. The second-order valence-corrected chi connectivity index (χ2v) is 24.3. The van der Waals surface area contributed by atoms with E-state index in [0.29, 0.717) is 44.0 Å². The fourth-order valence-corrected chi connectivity index (χ4v) is 14.4. The first kappa shape index (κ1) is 52.1. The van der Waals surface area contributed by atoms with Crippen LogP contribution in [0.25, 0.3) is 33.3 Å². The van der Waals surface area contributed by atoms with Crippen LogP contribution in [-0.2, 0) is 49.9 Å². The summed E-state index contributed by atoms with van der Waals surface area (Å²) in [7, 11) is 1.74. The Labute approximate surface area is 443 Å². The Bertz CT molecular complexity index is 2750. The number of halogens is 1. The molecule has 15 heteroatoms. The van der Waals surface area contributed by atoms with E-state index >= 15 is 14.0 Å². The van der Waals surface area contributed by atoms with Gasteiger partial charge in [0, 0.05) is 87.3 Å². The van der Waals surface area contributed by atoms with Crippen LogP contribution in [0.2, 0.25) is 0 Å². The summed E-state index contributed by atoms with van der Waals surface area (Å²) in [4.78, 5) is 57.2. The summed E-state index contributed by atoms with van der Waals surface area (Å²) in [5.41, 5.74) is 12.2. The van der Waals surface area contributed by atoms with Crippen LogP contribution in [0.1, 0.15) is 127 Å². The van der Waals surface area contributed by atoms with Gasteiger partial charge >= 0.3 is 5.97 Å². The number of benzene rings is 2. The number of ether oxygens (including phenoxy) is 2. The van der Waals surface area contributed by atoms with Gasteiger partial charge in [-0.1, -0.05) is 51.3 Å². The van der Waals surface area contributed by atoms with Gasteiger partial charge in [0.1, 0.15) is 18.8 Å². The summed E-state index contributed by atoms with van der Waals surface area (Å²) in [6.45, 7) is 16.9. The van der Waals surface area contributed by atoms with Gasteiger partial charge in [-0.3, -0.25) is 34.2 Å². The lowest BCUT2D eigenvalue weighted by atomic mass is 9.84. The summed E-state index contributed by atoms with van der Waals surface area (Å²) in [6.07, 6.45) is 13.6. The van der Waals surface area contributed by atoms with Gasteiger partial charge in [-0.2, -0.15) is 0 Å². The molecule has 6 atom stereocenters. The highest BCUT2D eigenvalue weighted by atomic mass is 19.1. The van der Waals surface area contributed by atoms with Gasteiger partial charge in [0.05, 0.1) is 42.0 Å². The number of hydrogen-bond acceptors (Lipinski definition) is 11. The van der Waals surface area contributed by atoms with Crippen LogP contribution in [0, 0.1) is 16.7 Å². The van der Waals surface area contributed by atoms with Gasteiger partial charge < -0.3 is 29.6 Å². The molecule has 8 heterocycles. The molecule has 0 unspecified atom stereocenters. The average Bonchev–Trinajstić information content (AvgIpc) is 4.27. The van der Waals surface area contributed by atoms with Gasteiger partial charge in [0.15, 0.2) is 0 Å². The molecule has 6 fully saturated rings. The molecule has 5 saturated heterocycles. The third-order valence-corrected chi connectivity index (χ3v) is 18.5. The van der Waals surface area contributed by atoms with Crippen LogP contribution >= 0.6 is 0 Å². The fraction of sp³-hybridized carbons (Fsp3) is 0.633. The topological polar surface area (TPSA) is 137 Å². The first-order valence-corrected chi connectivity index (χ1v) is 28.7. The van der Waals surface area contributed by atoms with E-state index in [4.69, 9.17) is 14.5 Å². The SMILES string of the molecule is CCn1c(-c2cc(N3CCN4CCCC[C@@H]4C3)cnc2[C@H](C)OC)c2c3cc(ccc31)-c1cc(CF)cc(c1)C[C@H](NC(=O)[C@H](C1CCCC1)N1CC[C@]3(CCNC3)C1)C(=O)N1CCC[C@H](N1)C(=O)OCC(C)(C)C2. The van der Waals surface area contributed by atoms with E-state index < -0.39 is 30.1 Å². The Morgan fingerprint density at radius 1 is 0.960 bits per heavy atom. The van der Waals surface area contributed by atoms with Crippen LogP contribution in [0.3, 0.4) is 0 Å². The second-order valence-electron chi connectivity index (χ2n) is 24.3. The second kappa shape index (κ2) is 21.8. The highest BCUT2D eigenvalue weighted by molar-refractivity contribution is 5.96. The number of likely N-dealkylation sites (tertiary alicyclic amines) is 1. The predicted molar refractivity (Wildman–Crippen MR) is 292 cm³/mol. The number of amides is 2. The number of alkyl halides is 1. The molecule has 2 aromatic carbocycles. The lowest BCUT2D eigenvalue weighted by Crippen LogP contribution is -2.62. The number of aromatic nitrogens is 2. The summed E-state index contributed by atoms with van der Waals surface area (Å²) in [5, 5.41) is 9.51. The van der Waals surface area contributed by atoms with Gasteiger partial charge in [-0.25, -0.2) is 9.82 Å². The molecule has 1 aliphatic carbocycles. The number of esters is 1. The minimum atomic E-state index is -0.969. The molecular weight excluding hydrogens is 946 g/mol. The maximum absolute atomic E-state index is 15.2. The molecule has 4 aromatic rings. The number of piperazine rings is 1. The summed E-state index contributed by atoms with van der Waals surface area (Å²) >= 11 is 0. The number of aryl methyl sites for hydroxylation is 1. The lowest BCUT2D eigenvalue weighted by Gasteiger charge is -2.45. The van der Waals surface area contributed by atoms with Crippen molar-refractivity contribution in [3.63, 3.8) is 0 Å². The zero-order valence-electron chi connectivity index (χ0n) is 45.4. The first-order valence-electron chi connectivity index (χ1n) is 28.7. The molecule has 2 amide bonds. The number of cyclic esters (lactones) is 1. The number of nitrogens with one attached hydrogen (secondary N) is 3. The molecule has 6 bridgehead atoms. The van der Waals surface area contributed by atoms with Crippen molar-refractivity contribution < 1.29 is 28.2 Å². The minimum absolute atomic E-state index is 0.118. The number of nitrogens with zero attached hydrogens (tertiary/aromatic N) is 6. The van der Waals surface area contributed by atoms with E-state index in [-0.39, 0.29) is 48.3 Å². The van der Waals surface area contributed by atoms with Crippen LogP contribution in [0.4, 0.5) is 10.1 Å². The van der Waals surface area contributed by atoms with Crippen molar-refractivity contribution in [1.29, 1.82) is 0 Å². The van der Waals surface area contributed by atoms with Gasteiger partial charge in [-0.15, -0.1) is 0 Å². The summed E-state index contributed by atoms with van der Waals surface area (Å²) < 4.78 is 30.0. The fourth-order valence-electron chi connectivity index (χ4n) is 14.4. The van der Waals surface area contributed by atoms with Crippen molar-refractivity contribution in [2.24, 2.45) is 16.7 Å². The van der Waals surface area contributed by atoms with Crippen LogP contribution in [0.15, 0.2) is 48.7 Å². The van der Waals surface area contributed by atoms with Crippen molar-refractivity contribution in [1.82, 2.24) is 40.4 Å². The highest BCUT2D eigenvalue weighted by Gasteiger charge is 2.47. The largest absolute Gasteiger partial charge is 0.464 e. The molecule has 6 aliphatic heterocycles. The van der Waals surface area contributed by atoms with Crippen molar-refractivity contribution in [2.75, 3.05) is 77.5 Å². The van der Waals surface area contributed by atoms with Gasteiger partial charge in [-0.05, 0) is 155 Å². The average molecular weight is 1030 g/mol. The Morgan fingerprint density at radius 3 is 2.59 bits per heavy atom. The third kappa shape index (κ3) is 10.6. The number of piperidine rings is 1. The number of anilines is 1. The number of carbonyl (C=O) groups excluding carboxylic acids is 3. The van der Waals surface area contributed by atoms with E-state index in [0.717, 1.165) is 140 Å². The quantitative estimate of drug-likeness (QED) is 0.133. The first-order chi connectivity index (χ1) is 36.3. The molecule has 0 radical (unpaired) electrons. The molecule has 2 aromatic heterocycles. The van der Waals surface area contributed by atoms with Crippen LogP contribution in [-0.4, -0.2) is 139 Å². The zero-order chi connectivity index (χ0) is 52.0. The number of pyridine rings is 1. The van der Waals surface area contributed by atoms with Gasteiger partial charge in [0.25, 0.3) is 5.91 Å². The Kier molecular flexibility index (Phi) is 15.2.